The standard InChI is InChI=1S/C15H24N2OSi/c1-13(2,3)19-18-14(4,5)11-6-9-17-12(10-11)15(16)7-8-15/h6,9-10H,7-8,16H2,1-5H3. The van der Waals surface area contributed by atoms with Gasteiger partial charge in [-0.1, -0.05) is 20.8 Å². The minimum absolute atomic E-state index is 0.182. The number of hydrogen-bond donors (Lipinski definition) is 1. The predicted octanol–water partition coefficient (Wildman–Crippen LogP) is 3.12. The van der Waals surface area contributed by atoms with Crippen LogP contribution >= 0.6 is 0 Å². The molecule has 0 unspecified atom stereocenters. The molecule has 0 atom stereocenters. The molecule has 3 nitrogen and oxygen atoms in total. The summed E-state index contributed by atoms with van der Waals surface area (Å²) in [5.74, 6) is 0. The highest BCUT2D eigenvalue weighted by Crippen LogP contribution is 2.42. The van der Waals surface area contributed by atoms with Crippen LogP contribution in [0.2, 0.25) is 5.04 Å². The third-order valence-electron chi connectivity index (χ3n) is 3.37. The van der Waals surface area contributed by atoms with E-state index in [1.54, 1.807) is 0 Å². The van der Waals surface area contributed by atoms with Gasteiger partial charge in [-0.05, 0) is 49.4 Å². The number of nitrogens with zero attached hydrogens (tertiary/aromatic N) is 1. The molecule has 104 valence electrons. The Morgan fingerprint density at radius 2 is 1.89 bits per heavy atom. The normalized spacial score (nSPS) is 18.4. The van der Waals surface area contributed by atoms with Crippen LogP contribution in [0.4, 0.5) is 0 Å². The van der Waals surface area contributed by atoms with Gasteiger partial charge in [0.2, 0.25) is 9.76 Å². The largest absolute Gasteiger partial charge is 0.408 e. The fourth-order valence-corrected chi connectivity index (χ4v) is 2.49. The minimum atomic E-state index is -0.297. The molecule has 2 radical (unpaired) electrons. The Balaban J connectivity index is 2.16. The van der Waals surface area contributed by atoms with E-state index in [9.17, 15) is 0 Å². The number of hydrogen-bond acceptors (Lipinski definition) is 3. The van der Waals surface area contributed by atoms with Gasteiger partial charge < -0.3 is 10.2 Å². The molecule has 2 rings (SSSR count). The Labute approximate surface area is 118 Å². The summed E-state index contributed by atoms with van der Waals surface area (Å²) in [5, 5.41) is 0.193. The highest BCUT2D eigenvalue weighted by Gasteiger charge is 2.42. The van der Waals surface area contributed by atoms with Gasteiger partial charge in [0.1, 0.15) is 0 Å². The molecular weight excluding hydrogens is 252 g/mol. The average Bonchev–Trinajstić information content (AvgIpc) is 3.06. The molecule has 4 heteroatoms. The first-order valence-electron chi connectivity index (χ1n) is 6.84. The van der Waals surface area contributed by atoms with Gasteiger partial charge in [0, 0.05) is 6.20 Å². The topological polar surface area (TPSA) is 48.1 Å². The van der Waals surface area contributed by atoms with Crippen molar-refractivity contribution in [3.63, 3.8) is 0 Å². The number of aromatic nitrogens is 1. The van der Waals surface area contributed by atoms with Crippen LogP contribution < -0.4 is 5.73 Å². The molecule has 0 aliphatic heterocycles. The van der Waals surface area contributed by atoms with Gasteiger partial charge in [-0.15, -0.1) is 0 Å². The molecule has 1 saturated carbocycles. The van der Waals surface area contributed by atoms with Gasteiger partial charge in [-0.2, -0.15) is 0 Å². The van der Waals surface area contributed by atoms with Gasteiger partial charge in [0.15, 0.2) is 0 Å². The van der Waals surface area contributed by atoms with Crippen molar-refractivity contribution in [3.05, 3.63) is 29.6 Å². The molecule has 1 heterocycles. The molecular formula is C15H24N2OSi. The van der Waals surface area contributed by atoms with Crippen LogP contribution in [0.3, 0.4) is 0 Å². The molecule has 1 aliphatic carbocycles. The first-order chi connectivity index (χ1) is 8.62. The maximum absolute atomic E-state index is 6.22. The fraction of sp³-hybridized carbons (Fsp3) is 0.667. The van der Waals surface area contributed by atoms with Crippen molar-refractivity contribution in [2.75, 3.05) is 0 Å². The van der Waals surface area contributed by atoms with Gasteiger partial charge in [-0.25, -0.2) is 0 Å². The lowest BCUT2D eigenvalue weighted by Crippen LogP contribution is -2.29. The van der Waals surface area contributed by atoms with Crippen molar-refractivity contribution in [1.29, 1.82) is 0 Å². The molecule has 2 N–H and O–H groups in total. The second kappa shape index (κ2) is 4.68. The number of pyridine rings is 1. The minimum Gasteiger partial charge on any atom is -0.408 e. The van der Waals surface area contributed by atoms with Crippen molar-refractivity contribution >= 4 is 9.76 Å². The highest BCUT2D eigenvalue weighted by molar-refractivity contribution is 6.31. The maximum atomic E-state index is 6.22. The van der Waals surface area contributed by atoms with E-state index in [0.29, 0.717) is 9.76 Å². The molecule has 0 bridgehead atoms. The van der Waals surface area contributed by atoms with Crippen LogP contribution in [0.1, 0.15) is 58.7 Å². The molecule has 1 fully saturated rings. The van der Waals surface area contributed by atoms with Crippen LogP contribution in [0, 0.1) is 0 Å². The summed E-state index contributed by atoms with van der Waals surface area (Å²) in [5.41, 5.74) is 7.90. The first-order valence-corrected chi connectivity index (χ1v) is 7.74. The SMILES string of the molecule is CC(C)(C)[Si]OC(C)(C)c1ccnc(C2(N)CC2)c1. The number of rotatable bonds is 4. The summed E-state index contributed by atoms with van der Waals surface area (Å²) >= 11 is 0. The smallest absolute Gasteiger partial charge is 0.236 e. The molecule has 0 amide bonds. The molecule has 0 spiro atoms. The van der Waals surface area contributed by atoms with Gasteiger partial charge in [0.05, 0.1) is 16.8 Å². The quantitative estimate of drug-likeness (QED) is 0.860. The van der Waals surface area contributed by atoms with Crippen LogP contribution in [0.15, 0.2) is 18.3 Å². The first kappa shape index (κ1) is 14.7. The van der Waals surface area contributed by atoms with Gasteiger partial charge >= 0.3 is 0 Å². The van der Waals surface area contributed by atoms with E-state index in [1.807, 2.05) is 12.3 Å². The van der Waals surface area contributed by atoms with E-state index in [2.05, 4.69) is 45.7 Å². The zero-order valence-corrected chi connectivity index (χ0v) is 13.6. The Hall–Kier alpha value is -0.713. The summed E-state index contributed by atoms with van der Waals surface area (Å²) in [6, 6.07) is 4.14. The van der Waals surface area contributed by atoms with Crippen molar-refractivity contribution < 1.29 is 4.43 Å². The van der Waals surface area contributed by atoms with Crippen LogP contribution in [-0.2, 0) is 15.6 Å². The number of nitrogens with two attached hydrogens (primary N) is 1. The summed E-state index contributed by atoms with van der Waals surface area (Å²) in [4.78, 5) is 4.42. The fourth-order valence-electron chi connectivity index (χ4n) is 1.81. The van der Waals surface area contributed by atoms with Crippen LogP contribution in [0.25, 0.3) is 0 Å². The molecule has 0 aromatic carbocycles. The second-order valence-electron chi connectivity index (χ2n) is 7.05. The summed E-state index contributed by atoms with van der Waals surface area (Å²) in [6.07, 6.45) is 3.92. The Kier molecular flexibility index (Phi) is 3.62. The maximum Gasteiger partial charge on any atom is 0.236 e. The van der Waals surface area contributed by atoms with E-state index in [4.69, 9.17) is 10.2 Å². The summed E-state index contributed by atoms with van der Waals surface area (Å²) < 4.78 is 6.13. The average molecular weight is 276 g/mol. The molecule has 1 aliphatic rings. The van der Waals surface area contributed by atoms with Gasteiger partial charge in [0.25, 0.3) is 0 Å². The summed E-state index contributed by atoms with van der Waals surface area (Å²) in [7, 11) is 0.466. The Morgan fingerprint density at radius 1 is 1.26 bits per heavy atom. The van der Waals surface area contributed by atoms with Crippen molar-refractivity contribution in [3.8, 4) is 0 Å². The third kappa shape index (κ3) is 3.65. The zero-order valence-electron chi connectivity index (χ0n) is 12.6. The summed E-state index contributed by atoms with van der Waals surface area (Å²) in [6.45, 7) is 10.8. The molecule has 0 saturated heterocycles. The van der Waals surface area contributed by atoms with Gasteiger partial charge in [-0.3, -0.25) is 4.98 Å². The van der Waals surface area contributed by atoms with Crippen molar-refractivity contribution in [1.82, 2.24) is 4.98 Å². The Morgan fingerprint density at radius 3 is 2.42 bits per heavy atom. The van der Waals surface area contributed by atoms with E-state index in [0.717, 1.165) is 24.1 Å². The second-order valence-corrected chi connectivity index (χ2v) is 8.96. The van der Waals surface area contributed by atoms with E-state index >= 15 is 0 Å². The lowest BCUT2D eigenvalue weighted by atomic mass is 9.97. The van der Waals surface area contributed by atoms with Crippen molar-refractivity contribution in [2.24, 2.45) is 5.73 Å². The molecule has 1 aromatic heterocycles. The van der Waals surface area contributed by atoms with E-state index < -0.39 is 0 Å². The van der Waals surface area contributed by atoms with Crippen LogP contribution in [0.5, 0.6) is 0 Å². The van der Waals surface area contributed by atoms with E-state index in [-0.39, 0.29) is 16.2 Å². The van der Waals surface area contributed by atoms with Crippen LogP contribution in [-0.4, -0.2) is 14.7 Å². The third-order valence-corrected chi connectivity index (χ3v) is 4.59. The highest BCUT2D eigenvalue weighted by atomic mass is 28.2. The van der Waals surface area contributed by atoms with E-state index in [1.165, 1.54) is 0 Å². The Bertz CT molecular complexity index is 461. The lowest BCUT2D eigenvalue weighted by molar-refractivity contribution is 0.109. The monoisotopic (exact) mass is 276 g/mol. The molecule has 19 heavy (non-hydrogen) atoms. The molecule has 1 aromatic rings. The predicted molar refractivity (Wildman–Crippen MR) is 78.9 cm³/mol. The van der Waals surface area contributed by atoms with Crippen molar-refractivity contribution in [2.45, 2.75) is 63.6 Å². The zero-order chi connectivity index (χ0) is 14.3. The lowest BCUT2D eigenvalue weighted by Gasteiger charge is -2.30.